The van der Waals surface area contributed by atoms with Crippen LogP contribution in [-0.2, 0) is 37.0 Å². The molecular weight excluding hydrogens is 358 g/mol. The van der Waals surface area contributed by atoms with Gasteiger partial charge < -0.3 is 0 Å². The molecule has 0 aliphatic rings. The van der Waals surface area contributed by atoms with Gasteiger partial charge in [0.25, 0.3) is 0 Å². The SMILES string of the molecule is N#COS(=O)(=O)O.[Au].[KH]. The van der Waals surface area contributed by atoms with E-state index >= 15 is 0 Å². The Morgan fingerprint density at radius 1 is 1.56 bits per heavy atom. The molecule has 0 bridgehead atoms. The molecule has 0 fully saturated rings. The molecule has 0 saturated carbocycles. The second-order valence-corrected chi connectivity index (χ2v) is 1.62. The zero-order valence-corrected chi connectivity index (χ0v) is 6.31. The van der Waals surface area contributed by atoms with Crippen LogP contribution in [0.4, 0.5) is 0 Å². The molecule has 53 valence electrons. The molecule has 1 N–H and O–H groups in total. The molecule has 0 atom stereocenters. The van der Waals surface area contributed by atoms with Crippen molar-refractivity contribution in [2.45, 2.75) is 0 Å². The van der Waals surface area contributed by atoms with Crippen LogP contribution >= 0.6 is 0 Å². The Kier molecular flexibility index (Phi) is 14.4. The molecule has 0 aromatic carbocycles. The first-order chi connectivity index (χ1) is 3.06. The molecule has 0 heterocycles. The third kappa shape index (κ3) is 17.7. The van der Waals surface area contributed by atoms with Gasteiger partial charge in [-0.05, 0) is 0 Å². The van der Waals surface area contributed by atoms with Gasteiger partial charge in [-0.2, -0.15) is 8.42 Å². The van der Waals surface area contributed by atoms with Crippen LogP contribution in [-0.4, -0.2) is 64.4 Å². The van der Waals surface area contributed by atoms with Gasteiger partial charge >= 0.3 is 68.0 Å². The van der Waals surface area contributed by atoms with Crippen molar-refractivity contribution in [1.29, 1.82) is 5.26 Å². The Morgan fingerprint density at radius 2 is 1.89 bits per heavy atom. The van der Waals surface area contributed by atoms with Crippen molar-refractivity contribution < 1.29 is 39.5 Å². The number of hydrogen-bond donors (Lipinski definition) is 1. The molecule has 0 aliphatic carbocycles. The van der Waals surface area contributed by atoms with E-state index in [-0.39, 0.29) is 73.8 Å². The molecule has 0 amide bonds. The Balaban J connectivity index is -0.000000180. The maximum atomic E-state index is 9.34. The van der Waals surface area contributed by atoms with Crippen molar-refractivity contribution in [2.24, 2.45) is 0 Å². The summed E-state index contributed by atoms with van der Waals surface area (Å²) in [5.74, 6) is 0. The van der Waals surface area contributed by atoms with Gasteiger partial charge in [0.1, 0.15) is 0 Å². The van der Waals surface area contributed by atoms with E-state index in [0.29, 0.717) is 0 Å². The molecule has 1 radical (unpaired) electrons. The molecule has 0 aromatic heterocycles. The monoisotopic (exact) mass is 360 g/mol. The second kappa shape index (κ2) is 7.68. The Hall–Kier alpha value is 1.58. The summed E-state index contributed by atoms with van der Waals surface area (Å²) in [7, 11) is -4.54. The van der Waals surface area contributed by atoms with Crippen molar-refractivity contribution in [1.82, 2.24) is 0 Å². The Morgan fingerprint density at radius 3 is 1.89 bits per heavy atom. The summed E-state index contributed by atoms with van der Waals surface area (Å²) < 4.78 is 29.3. The van der Waals surface area contributed by atoms with Crippen molar-refractivity contribution in [2.75, 3.05) is 0 Å². The van der Waals surface area contributed by atoms with Gasteiger partial charge in [-0.25, -0.2) is 0 Å². The first kappa shape index (κ1) is 16.9. The van der Waals surface area contributed by atoms with Gasteiger partial charge in [-0.1, -0.05) is 0 Å². The van der Waals surface area contributed by atoms with Crippen molar-refractivity contribution in [3.05, 3.63) is 0 Å². The van der Waals surface area contributed by atoms with Crippen LogP contribution in [0.1, 0.15) is 0 Å². The topological polar surface area (TPSA) is 87.4 Å². The van der Waals surface area contributed by atoms with Gasteiger partial charge in [0.2, 0.25) is 0 Å². The van der Waals surface area contributed by atoms with E-state index in [2.05, 4.69) is 4.18 Å². The van der Waals surface area contributed by atoms with E-state index in [1.54, 1.807) is 0 Å². The van der Waals surface area contributed by atoms with E-state index < -0.39 is 10.4 Å². The van der Waals surface area contributed by atoms with Gasteiger partial charge in [0.05, 0.1) is 0 Å². The van der Waals surface area contributed by atoms with Crippen LogP contribution in [0.3, 0.4) is 0 Å². The van der Waals surface area contributed by atoms with Gasteiger partial charge in [0, 0.05) is 22.4 Å². The van der Waals surface area contributed by atoms with Gasteiger partial charge in [-0.3, -0.25) is 8.74 Å². The summed E-state index contributed by atoms with van der Waals surface area (Å²) in [6.45, 7) is 0. The van der Waals surface area contributed by atoms with Crippen LogP contribution in [0, 0.1) is 11.5 Å². The van der Waals surface area contributed by atoms with E-state index in [4.69, 9.17) is 9.81 Å². The Bertz CT molecular complexity index is 181. The Labute approximate surface area is 111 Å². The molecule has 8 heteroatoms. The standard InChI is InChI=1S/CHNO4S.Au.K.H/c2-1-6-7(3,4)5;;;/h(H,3,4,5);;;. The quantitative estimate of drug-likeness (QED) is 0.355. The first-order valence-corrected chi connectivity index (χ1v) is 2.48. The van der Waals surface area contributed by atoms with Crippen LogP contribution in [0.5, 0.6) is 0 Å². The van der Waals surface area contributed by atoms with Crippen molar-refractivity contribution in [3.8, 4) is 6.26 Å². The third-order valence-corrected chi connectivity index (χ3v) is 0.428. The van der Waals surface area contributed by atoms with E-state index in [0.717, 1.165) is 6.26 Å². The van der Waals surface area contributed by atoms with E-state index in [1.807, 2.05) is 0 Å². The van der Waals surface area contributed by atoms with Gasteiger partial charge in [0.15, 0.2) is 0 Å². The first-order valence-electron chi connectivity index (χ1n) is 1.11. The predicted octanol–water partition coefficient (Wildman–Crippen LogP) is -1.36. The maximum absolute atomic E-state index is 9.34. The minimum absolute atomic E-state index is 0. The van der Waals surface area contributed by atoms with E-state index in [9.17, 15) is 8.42 Å². The molecule has 9 heavy (non-hydrogen) atoms. The third-order valence-electron chi connectivity index (χ3n) is 0.143. The summed E-state index contributed by atoms with van der Waals surface area (Å²) in [4.78, 5) is 0. The fourth-order valence-electron chi connectivity index (χ4n) is 0.0471. The molecule has 0 unspecified atom stereocenters. The molecule has 0 rings (SSSR count). The summed E-state index contributed by atoms with van der Waals surface area (Å²) >= 11 is 0. The van der Waals surface area contributed by atoms with Crippen LogP contribution in [0.15, 0.2) is 0 Å². The summed E-state index contributed by atoms with van der Waals surface area (Å²) in [6.07, 6.45) is 0.770. The van der Waals surface area contributed by atoms with Crippen LogP contribution in [0.2, 0.25) is 0 Å². The zero-order chi connectivity index (χ0) is 5.91. The van der Waals surface area contributed by atoms with Crippen molar-refractivity contribution in [3.63, 3.8) is 0 Å². The van der Waals surface area contributed by atoms with Crippen LogP contribution in [0.25, 0.3) is 0 Å². The normalized spacial score (nSPS) is 7.56. The number of nitrogens with zero attached hydrogens (tertiary/aromatic N) is 1. The van der Waals surface area contributed by atoms with Crippen molar-refractivity contribution >= 4 is 61.8 Å². The van der Waals surface area contributed by atoms with Gasteiger partial charge in [-0.15, -0.1) is 5.26 Å². The molecular formula is CH2AuKNO4S. The molecule has 0 aromatic rings. The summed E-state index contributed by atoms with van der Waals surface area (Å²) in [6, 6.07) is 0. The number of nitriles is 1. The molecule has 0 aliphatic heterocycles. The average Bonchev–Trinajstić information content (AvgIpc) is 1.30. The molecule has 0 saturated heterocycles. The number of rotatable bonds is 1. The fourth-order valence-corrected chi connectivity index (χ4v) is 0.141. The number of hydrogen-bond acceptors (Lipinski definition) is 4. The fraction of sp³-hybridized carbons (Fsp3) is 0. The summed E-state index contributed by atoms with van der Waals surface area (Å²) in [5, 5.41) is 7.39. The molecule has 0 spiro atoms. The molecule has 5 nitrogen and oxygen atoms in total. The predicted molar refractivity (Wildman–Crippen MR) is 25.4 cm³/mol. The second-order valence-electron chi connectivity index (χ2n) is 0.602. The zero-order valence-electron chi connectivity index (χ0n) is 3.33. The van der Waals surface area contributed by atoms with Crippen LogP contribution < -0.4 is 0 Å². The minimum atomic E-state index is -4.54. The average molecular weight is 360 g/mol. The van der Waals surface area contributed by atoms with E-state index in [1.165, 1.54) is 0 Å². The summed E-state index contributed by atoms with van der Waals surface area (Å²) in [5.41, 5.74) is 0.